The van der Waals surface area contributed by atoms with Gasteiger partial charge in [-0.2, -0.15) is 0 Å². The highest BCUT2D eigenvalue weighted by molar-refractivity contribution is 5.72. The van der Waals surface area contributed by atoms with Crippen molar-refractivity contribution in [3.8, 4) is 0 Å². The van der Waals surface area contributed by atoms with Gasteiger partial charge in [-0.1, -0.05) is 0 Å². The summed E-state index contributed by atoms with van der Waals surface area (Å²) in [4.78, 5) is 10.9. The maximum absolute atomic E-state index is 10.9. The van der Waals surface area contributed by atoms with Crippen LogP contribution in [0, 0.1) is 5.92 Å². The summed E-state index contributed by atoms with van der Waals surface area (Å²) in [5.74, 6) is 0.0393. The van der Waals surface area contributed by atoms with Gasteiger partial charge in [-0.3, -0.25) is 4.79 Å². The summed E-state index contributed by atoms with van der Waals surface area (Å²) >= 11 is 0. The third-order valence-electron chi connectivity index (χ3n) is 1.81. The van der Waals surface area contributed by atoms with Gasteiger partial charge in [-0.15, -0.1) is 0 Å². The van der Waals surface area contributed by atoms with Gasteiger partial charge in [-0.05, 0) is 12.8 Å². The first-order valence-corrected chi connectivity index (χ1v) is 3.55. The quantitative estimate of drug-likeness (QED) is 0.490. The van der Waals surface area contributed by atoms with Crippen LogP contribution in [0.15, 0.2) is 0 Å². The Morgan fingerprint density at radius 3 is 2.60 bits per heavy atom. The summed E-state index contributed by atoms with van der Waals surface area (Å²) in [5, 5.41) is 4.14. The van der Waals surface area contributed by atoms with Crippen LogP contribution in [0.5, 0.6) is 0 Å². The number of rotatable bonds is 1. The predicted octanol–water partition coefficient (Wildman–Crippen LogP) is 0.174. The van der Waals surface area contributed by atoms with E-state index in [-0.39, 0.29) is 11.9 Å². The van der Waals surface area contributed by atoms with Gasteiger partial charge in [0.25, 0.3) is 0 Å². The molecule has 0 unspecified atom stereocenters. The van der Waals surface area contributed by atoms with Crippen LogP contribution in [0.25, 0.3) is 0 Å². The Balaban J connectivity index is 2.31. The minimum absolute atomic E-state index is 0.0742. The van der Waals surface area contributed by atoms with Crippen LogP contribution in [-0.4, -0.2) is 26.2 Å². The second kappa shape index (κ2) is 3.56. The summed E-state index contributed by atoms with van der Waals surface area (Å²) in [5.41, 5.74) is 0. The first kappa shape index (κ1) is 7.54. The Morgan fingerprint density at radius 2 is 2.10 bits per heavy atom. The lowest BCUT2D eigenvalue weighted by Gasteiger charge is -2.18. The molecule has 0 aromatic carbocycles. The Morgan fingerprint density at radius 1 is 1.50 bits per heavy atom. The van der Waals surface area contributed by atoms with Crippen LogP contribution in [-0.2, 0) is 9.53 Å². The molecule has 57 valence electrons. The van der Waals surface area contributed by atoms with Gasteiger partial charge in [0.2, 0.25) is 0 Å². The van der Waals surface area contributed by atoms with E-state index in [1.54, 1.807) is 0 Å². The minimum atomic E-state index is -0.0742. The number of hydrogen-bond donors (Lipinski definition) is 0. The summed E-state index contributed by atoms with van der Waals surface area (Å²) in [6.07, 6.45) is 1.74. The number of hydrogen-bond acceptors (Lipinski definition) is 2. The van der Waals surface area contributed by atoms with E-state index in [0.29, 0.717) is 0 Å². The molecule has 1 aliphatic heterocycles. The van der Waals surface area contributed by atoms with Gasteiger partial charge in [-0.25, -0.2) is 5.32 Å². The van der Waals surface area contributed by atoms with E-state index < -0.39 is 0 Å². The summed E-state index contributed by atoms with van der Waals surface area (Å²) in [6, 6.07) is 0. The van der Waals surface area contributed by atoms with Crippen molar-refractivity contribution in [3.63, 3.8) is 0 Å². The van der Waals surface area contributed by atoms with E-state index in [1.807, 2.05) is 0 Å². The molecular weight excluding hydrogens is 130 g/mol. The van der Waals surface area contributed by atoms with Crippen molar-refractivity contribution in [1.29, 1.82) is 0 Å². The maximum Gasteiger partial charge on any atom is 0.308 e. The number of carbonyl (C=O) groups is 1. The van der Waals surface area contributed by atoms with Gasteiger partial charge in [0.15, 0.2) is 0 Å². The van der Waals surface area contributed by atoms with Crippen molar-refractivity contribution in [1.82, 2.24) is 5.32 Å². The van der Waals surface area contributed by atoms with Crippen molar-refractivity contribution < 1.29 is 9.53 Å². The minimum Gasteiger partial charge on any atom is -0.469 e. The van der Waals surface area contributed by atoms with Crippen LogP contribution in [0.2, 0.25) is 0 Å². The maximum atomic E-state index is 10.9. The average molecular weight is 142 g/mol. The van der Waals surface area contributed by atoms with E-state index in [1.165, 1.54) is 7.11 Å². The van der Waals surface area contributed by atoms with E-state index in [2.05, 4.69) is 10.1 Å². The lowest BCUT2D eigenvalue weighted by atomic mass is 9.99. The van der Waals surface area contributed by atoms with Gasteiger partial charge in [0.1, 0.15) is 0 Å². The van der Waals surface area contributed by atoms with Crippen LogP contribution < -0.4 is 5.32 Å². The highest BCUT2D eigenvalue weighted by Gasteiger charge is 2.21. The number of carbonyl (C=O) groups excluding carboxylic acids is 1. The normalized spacial score (nSPS) is 20.5. The molecule has 0 saturated carbocycles. The van der Waals surface area contributed by atoms with Crippen molar-refractivity contribution in [3.05, 3.63) is 0 Å². The fourth-order valence-corrected chi connectivity index (χ4v) is 1.15. The molecule has 3 nitrogen and oxygen atoms in total. The van der Waals surface area contributed by atoms with Crippen LogP contribution in [0.3, 0.4) is 0 Å². The van der Waals surface area contributed by atoms with E-state index in [9.17, 15) is 4.79 Å². The molecule has 0 aromatic heterocycles. The molecule has 0 N–H and O–H groups in total. The van der Waals surface area contributed by atoms with Crippen molar-refractivity contribution in [2.24, 2.45) is 5.92 Å². The highest BCUT2D eigenvalue weighted by atomic mass is 16.5. The molecule has 3 heteroatoms. The molecule has 0 bridgehead atoms. The SMILES string of the molecule is COC(=O)C1CC[N]CC1. The molecule has 1 fully saturated rings. The zero-order chi connectivity index (χ0) is 7.40. The zero-order valence-electron chi connectivity index (χ0n) is 6.17. The third-order valence-corrected chi connectivity index (χ3v) is 1.81. The molecule has 1 rings (SSSR count). The molecule has 0 aromatic rings. The van der Waals surface area contributed by atoms with Gasteiger partial charge in [0, 0.05) is 13.1 Å². The molecule has 0 amide bonds. The fraction of sp³-hybridized carbons (Fsp3) is 0.857. The van der Waals surface area contributed by atoms with Crippen LogP contribution >= 0.6 is 0 Å². The fourth-order valence-electron chi connectivity index (χ4n) is 1.15. The molecule has 0 aliphatic carbocycles. The Kier molecular flexibility index (Phi) is 2.68. The monoisotopic (exact) mass is 142 g/mol. The van der Waals surface area contributed by atoms with Crippen LogP contribution in [0.4, 0.5) is 0 Å². The Bertz CT molecular complexity index is 119. The van der Waals surface area contributed by atoms with Crippen molar-refractivity contribution in [2.45, 2.75) is 12.8 Å². The van der Waals surface area contributed by atoms with Crippen LogP contribution in [0.1, 0.15) is 12.8 Å². The predicted molar refractivity (Wildman–Crippen MR) is 36.6 cm³/mol. The summed E-state index contributed by atoms with van der Waals surface area (Å²) < 4.78 is 4.61. The average Bonchev–Trinajstić information content (AvgIpc) is 2.05. The van der Waals surface area contributed by atoms with Crippen molar-refractivity contribution >= 4 is 5.97 Å². The molecule has 0 spiro atoms. The molecule has 10 heavy (non-hydrogen) atoms. The Hall–Kier alpha value is -0.570. The standard InChI is InChI=1S/C7H12NO2/c1-10-7(9)6-2-4-8-5-3-6/h6H,2-5H2,1H3. The number of piperidine rings is 1. The zero-order valence-corrected chi connectivity index (χ0v) is 6.17. The smallest absolute Gasteiger partial charge is 0.308 e. The largest absolute Gasteiger partial charge is 0.469 e. The molecule has 1 saturated heterocycles. The van der Waals surface area contributed by atoms with E-state index >= 15 is 0 Å². The van der Waals surface area contributed by atoms with Gasteiger partial charge >= 0.3 is 5.97 Å². The summed E-state index contributed by atoms with van der Waals surface area (Å²) in [7, 11) is 1.44. The number of methoxy groups -OCH3 is 1. The van der Waals surface area contributed by atoms with Gasteiger partial charge in [0.05, 0.1) is 13.0 Å². The van der Waals surface area contributed by atoms with E-state index in [0.717, 1.165) is 25.9 Å². The first-order valence-electron chi connectivity index (χ1n) is 3.55. The number of nitrogens with zero attached hydrogens (tertiary/aromatic N) is 1. The topological polar surface area (TPSA) is 40.4 Å². The lowest BCUT2D eigenvalue weighted by Crippen LogP contribution is -2.28. The molecule has 1 heterocycles. The lowest BCUT2D eigenvalue weighted by molar-refractivity contribution is -0.146. The second-order valence-corrected chi connectivity index (χ2v) is 2.47. The molecule has 1 aliphatic rings. The summed E-state index contributed by atoms with van der Waals surface area (Å²) in [6.45, 7) is 1.64. The number of esters is 1. The third kappa shape index (κ3) is 1.70. The van der Waals surface area contributed by atoms with Crippen molar-refractivity contribution in [2.75, 3.05) is 20.2 Å². The molecular formula is C7H12NO2. The molecule has 1 radical (unpaired) electrons. The highest BCUT2D eigenvalue weighted by Crippen LogP contribution is 2.13. The first-order chi connectivity index (χ1) is 4.84. The molecule has 0 atom stereocenters. The number of ether oxygens (including phenoxy) is 1. The second-order valence-electron chi connectivity index (χ2n) is 2.47. The van der Waals surface area contributed by atoms with E-state index in [4.69, 9.17) is 0 Å². The Labute approximate surface area is 60.7 Å². The van der Waals surface area contributed by atoms with Gasteiger partial charge < -0.3 is 4.74 Å².